The second-order valence-corrected chi connectivity index (χ2v) is 4.40. The quantitative estimate of drug-likeness (QED) is 0.712. The van der Waals surface area contributed by atoms with Crippen LogP contribution in [-0.4, -0.2) is 26.8 Å². The summed E-state index contributed by atoms with van der Waals surface area (Å²) in [4.78, 5) is 2.16. The van der Waals surface area contributed by atoms with Gasteiger partial charge in [0.25, 0.3) is 0 Å². The van der Waals surface area contributed by atoms with Crippen LogP contribution in [0.25, 0.3) is 0 Å². The number of benzene rings is 1. The van der Waals surface area contributed by atoms with Gasteiger partial charge >= 0.3 is 0 Å². The first-order chi connectivity index (χ1) is 8.72. The van der Waals surface area contributed by atoms with Crippen LogP contribution in [0.5, 0.6) is 0 Å². The number of alkyl halides is 1. The summed E-state index contributed by atoms with van der Waals surface area (Å²) in [6, 6.07) is 8.39. The number of hydrogen-bond donors (Lipinski definition) is 0. The third-order valence-corrected chi connectivity index (χ3v) is 3.18. The Bertz CT molecular complexity index is 415. The lowest BCUT2D eigenvalue weighted by Crippen LogP contribution is -2.28. The van der Waals surface area contributed by atoms with E-state index in [1.807, 2.05) is 6.07 Å². The van der Waals surface area contributed by atoms with Crippen LogP contribution in [-0.2, 0) is 10.6 Å². The molecule has 0 aromatic heterocycles. The zero-order valence-corrected chi connectivity index (χ0v) is 11.7. The summed E-state index contributed by atoms with van der Waals surface area (Å²) in [7, 11) is 1.68. The van der Waals surface area contributed by atoms with Crippen molar-refractivity contribution in [1.82, 2.24) is 0 Å². The minimum atomic E-state index is 0.514. The molecule has 0 spiro atoms. The van der Waals surface area contributed by atoms with Gasteiger partial charge in [-0.15, -0.1) is 11.6 Å². The Hall–Kier alpha value is -1.24. The van der Waals surface area contributed by atoms with Crippen LogP contribution in [0, 0.1) is 18.3 Å². The molecule has 4 heteroatoms. The predicted molar refractivity (Wildman–Crippen MR) is 75.1 cm³/mol. The summed E-state index contributed by atoms with van der Waals surface area (Å²) in [5.41, 5.74) is 3.45. The molecule has 0 radical (unpaired) electrons. The van der Waals surface area contributed by atoms with Gasteiger partial charge in [-0.1, -0.05) is 6.07 Å². The molecule has 0 atom stereocenters. The van der Waals surface area contributed by atoms with Gasteiger partial charge in [-0.05, 0) is 30.2 Å². The van der Waals surface area contributed by atoms with Gasteiger partial charge in [0.1, 0.15) is 0 Å². The van der Waals surface area contributed by atoms with Crippen molar-refractivity contribution in [3.8, 4) is 6.07 Å². The lowest BCUT2D eigenvalue weighted by Gasteiger charge is -2.24. The first-order valence-corrected chi connectivity index (χ1v) is 6.52. The van der Waals surface area contributed by atoms with Gasteiger partial charge in [0, 0.05) is 31.8 Å². The van der Waals surface area contributed by atoms with E-state index < -0.39 is 0 Å². The summed E-state index contributed by atoms with van der Waals surface area (Å²) in [6.45, 7) is 4.22. The van der Waals surface area contributed by atoms with E-state index in [1.54, 1.807) is 7.11 Å². The molecule has 0 heterocycles. The maximum Gasteiger partial charge on any atom is 0.0640 e. The summed E-state index contributed by atoms with van der Waals surface area (Å²) in [5.74, 6) is 0.530. The number of aryl methyl sites for hydroxylation is 1. The van der Waals surface area contributed by atoms with Gasteiger partial charge in [0.05, 0.1) is 19.1 Å². The first kappa shape index (κ1) is 14.8. The average molecular weight is 267 g/mol. The van der Waals surface area contributed by atoms with Gasteiger partial charge < -0.3 is 9.64 Å². The number of nitriles is 1. The highest BCUT2D eigenvalue weighted by Crippen LogP contribution is 2.20. The fourth-order valence-corrected chi connectivity index (χ4v) is 2.08. The van der Waals surface area contributed by atoms with Crippen molar-refractivity contribution >= 4 is 17.3 Å². The third kappa shape index (κ3) is 4.21. The van der Waals surface area contributed by atoms with Crippen molar-refractivity contribution < 1.29 is 4.74 Å². The Morgan fingerprint density at radius 3 is 2.72 bits per heavy atom. The second kappa shape index (κ2) is 7.97. The standard InChI is InChI=1S/C14H19ClN2O/c1-12-10-14(5-4-13(12)11-15)17(7-3-6-16)8-9-18-2/h4-5,10H,3,7-9,11H2,1-2H3. The molecule has 98 valence electrons. The van der Waals surface area contributed by atoms with Crippen LogP contribution in [0.3, 0.4) is 0 Å². The molecule has 18 heavy (non-hydrogen) atoms. The average Bonchev–Trinajstić information content (AvgIpc) is 2.39. The van der Waals surface area contributed by atoms with Crippen molar-refractivity contribution in [2.75, 3.05) is 31.7 Å². The molecule has 0 bridgehead atoms. The molecule has 0 aliphatic carbocycles. The summed E-state index contributed by atoms with van der Waals surface area (Å²) < 4.78 is 5.10. The Morgan fingerprint density at radius 1 is 1.39 bits per heavy atom. The lowest BCUT2D eigenvalue weighted by molar-refractivity contribution is 0.205. The van der Waals surface area contributed by atoms with Crippen molar-refractivity contribution in [3.63, 3.8) is 0 Å². The summed E-state index contributed by atoms with van der Waals surface area (Å²) >= 11 is 5.85. The zero-order chi connectivity index (χ0) is 13.4. The highest BCUT2D eigenvalue weighted by Gasteiger charge is 2.07. The van der Waals surface area contributed by atoms with Crippen molar-refractivity contribution in [3.05, 3.63) is 29.3 Å². The van der Waals surface area contributed by atoms with Crippen molar-refractivity contribution in [1.29, 1.82) is 5.26 Å². The predicted octanol–water partition coefficient (Wildman–Crippen LogP) is 3.10. The molecule has 0 fully saturated rings. The molecule has 0 aliphatic heterocycles. The Labute approximate surface area is 114 Å². The molecule has 0 saturated heterocycles. The molecule has 3 nitrogen and oxygen atoms in total. The first-order valence-electron chi connectivity index (χ1n) is 5.99. The molecule has 0 aliphatic rings. The van der Waals surface area contributed by atoms with E-state index in [0.29, 0.717) is 18.9 Å². The number of ether oxygens (including phenoxy) is 1. The van der Waals surface area contributed by atoms with Gasteiger partial charge in [-0.25, -0.2) is 0 Å². The number of halogens is 1. The van der Waals surface area contributed by atoms with E-state index in [2.05, 4.69) is 30.0 Å². The fourth-order valence-electron chi connectivity index (χ4n) is 1.78. The van der Waals surface area contributed by atoms with Crippen LogP contribution in [0.15, 0.2) is 18.2 Å². The topological polar surface area (TPSA) is 36.3 Å². The van der Waals surface area contributed by atoms with E-state index in [9.17, 15) is 0 Å². The SMILES string of the molecule is COCCN(CCC#N)c1ccc(CCl)c(C)c1. The molecule has 1 aromatic rings. The molecule has 1 aromatic carbocycles. The summed E-state index contributed by atoms with van der Waals surface area (Å²) in [6.07, 6.45) is 0.514. The van der Waals surface area contributed by atoms with E-state index in [0.717, 1.165) is 24.3 Å². The smallest absolute Gasteiger partial charge is 0.0640 e. The second-order valence-electron chi connectivity index (χ2n) is 4.13. The van der Waals surface area contributed by atoms with Crippen LogP contribution in [0.1, 0.15) is 17.5 Å². The number of anilines is 1. The molecule has 1 rings (SSSR count). The van der Waals surface area contributed by atoms with Crippen LogP contribution in [0.2, 0.25) is 0 Å². The van der Waals surface area contributed by atoms with Crippen LogP contribution < -0.4 is 4.90 Å². The van der Waals surface area contributed by atoms with Gasteiger partial charge in [0.2, 0.25) is 0 Å². The minimum absolute atomic E-state index is 0.514. The maximum absolute atomic E-state index is 8.70. The molecule has 0 amide bonds. The molecule has 0 saturated carbocycles. The Morgan fingerprint density at radius 2 is 2.17 bits per heavy atom. The van der Waals surface area contributed by atoms with Crippen LogP contribution in [0.4, 0.5) is 5.69 Å². The monoisotopic (exact) mass is 266 g/mol. The number of rotatable bonds is 7. The third-order valence-electron chi connectivity index (χ3n) is 2.89. The van der Waals surface area contributed by atoms with Crippen molar-refractivity contribution in [2.45, 2.75) is 19.2 Å². The number of nitrogens with zero attached hydrogens (tertiary/aromatic N) is 2. The zero-order valence-electron chi connectivity index (χ0n) is 10.9. The van der Waals surface area contributed by atoms with Gasteiger partial charge in [-0.2, -0.15) is 5.26 Å². The van der Waals surface area contributed by atoms with Gasteiger partial charge in [-0.3, -0.25) is 0 Å². The molecular formula is C14H19ClN2O. The van der Waals surface area contributed by atoms with E-state index >= 15 is 0 Å². The van der Waals surface area contributed by atoms with E-state index in [-0.39, 0.29) is 0 Å². The molecule has 0 N–H and O–H groups in total. The molecular weight excluding hydrogens is 248 g/mol. The largest absolute Gasteiger partial charge is 0.383 e. The fraction of sp³-hybridized carbons (Fsp3) is 0.500. The number of methoxy groups -OCH3 is 1. The van der Waals surface area contributed by atoms with Crippen LogP contribution >= 0.6 is 11.6 Å². The van der Waals surface area contributed by atoms with Crippen molar-refractivity contribution in [2.24, 2.45) is 0 Å². The lowest BCUT2D eigenvalue weighted by atomic mass is 10.1. The highest BCUT2D eigenvalue weighted by atomic mass is 35.5. The summed E-state index contributed by atoms with van der Waals surface area (Å²) in [5, 5.41) is 8.70. The minimum Gasteiger partial charge on any atom is -0.383 e. The molecule has 0 unspecified atom stereocenters. The van der Waals surface area contributed by atoms with E-state index in [1.165, 1.54) is 5.56 Å². The number of hydrogen-bond acceptors (Lipinski definition) is 3. The normalized spacial score (nSPS) is 10.1. The Balaban J connectivity index is 2.83. The maximum atomic E-state index is 8.70. The van der Waals surface area contributed by atoms with E-state index in [4.69, 9.17) is 21.6 Å². The highest BCUT2D eigenvalue weighted by molar-refractivity contribution is 6.17. The Kier molecular flexibility index (Phi) is 6.56. The van der Waals surface area contributed by atoms with Gasteiger partial charge in [0.15, 0.2) is 0 Å².